The van der Waals surface area contributed by atoms with Crippen LogP contribution in [-0.2, 0) is 4.74 Å². The molecule has 0 atom stereocenters. The Labute approximate surface area is 177 Å². The Morgan fingerprint density at radius 3 is 2.61 bits per heavy atom. The standard InChI is InChI=1S/C23H21FN4O3/c1-13-9-20(17-4-3-15(24)10-19(17)25-13)28-14(2)26-22-18(23(29)30)11-16(12-21(22)28)27-5-7-31-8-6-27/h3-4,9-12H,5-8H2,1-2H3,(H,29,30). The number of carbonyl (C=O) groups is 1. The number of fused-ring (bicyclic) bond motifs is 2. The molecule has 7 nitrogen and oxygen atoms in total. The van der Waals surface area contributed by atoms with Gasteiger partial charge in [-0.1, -0.05) is 0 Å². The third-order valence-corrected chi connectivity index (χ3v) is 5.64. The van der Waals surface area contributed by atoms with Crippen LogP contribution in [0.1, 0.15) is 21.9 Å². The molecule has 2 aromatic heterocycles. The average molecular weight is 420 g/mol. The van der Waals surface area contributed by atoms with E-state index in [9.17, 15) is 14.3 Å². The Kier molecular flexibility index (Phi) is 4.59. The number of imidazole rings is 1. The normalized spacial score (nSPS) is 14.5. The zero-order valence-corrected chi connectivity index (χ0v) is 17.2. The Bertz CT molecular complexity index is 1340. The van der Waals surface area contributed by atoms with Gasteiger partial charge in [0.25, 0.3) is 0 Å². The molecule has 1 aliphatic heterocycles. The number of anilines is 1. The molecule has 1 saturated heterocycles. The van der Waals surface area contributed by atoms with Gasteiger partial charge in [0.1, 0.15) is 17.2 Å². The second-order valence-electron chi connectivity index (χ2n) is 7.70. The van der Waals surface area contributed by atoms with Crippen LogP contribution in [0.4, 0.5) is 10.1 Å². The minimum Gasteiger partial charge on any atom is -0.478 e. The summed E-state index contributed by atoms with van der Waals surface area (Å²) in [5.74, 6) is -0.734. The lowest BCUT2D eigenvalue weighted by molar-refractivity contribution is 0.0699. The fraction of sp³-hybridized carbons (Fsp3) is 0.261. The van der Waals surface area contributed by atoms with Gasteiger partial charge in [-0.3, -0.25) is 9.55 Å². The van der Waals surface area contributed by atoms with E-state index in [0.717, 1.165) is 22.5 Å². The Balaban J connectivity index is 1.82. The molecule has 0 spiro atoms. The van der Waals surface area contributed by atoms with Gasteiger partial charge in [0.2, 0.25) is 0 Å². The molecule has 5 rings (SSSR count). The van der Waals surface area contributed by atoms with Crippen molar-refractivity contribution in [3.05, 3.63) is 59.3 Å². The zero-order valence-electron chi connectivity index (χ0n) is 17.2. The monoisotopic (exact) mass is 420 g/mol. The van der Waals surface area contributed by atoms with E-state index in [-0.39, 0.29) is 11.4 Å². The predicted octanol–water partition coefficient (Wildman–Crippen LogP) is 3.86. The van der Waals surface area contributed by atoms with E-state index in [1.54, 1.807) is 12.1 Å². The van der Waals surface area contributed by atoms with Crippen molar-refractivity contribution < 1.29 is 19.0 Å². The number of hydrogen-bond acceptors (Lipinski definition) is 5. The summed E-state index contributed by atoms with van der Waals surface area (Å²) in [6.45, 7) is 6.26. The molecule has 0 unspecified atom stereocenters. The first-order chi connectivity index (χ1) is 14.9. The zero-order chi connectivity index (χ0) is 21.7. The lowest BCUT2D eigenvalue weighted by Crippen LogP contribution is -2.36. The number of pyridine rings is 1. The first-order valence-electron chi connectivity index (χ1n) is 10.1. The van der Waals surface area contributed by atoms with Crippen LogP contribution in [0, 0.1) is 19.7 Å². The molecule has 1 aliphatic rings. The van der Waals surface area contributed by atoms with Crippen LogP contribution in [0.5, 0.6) is 0 Å². The molecule has 0 radical (unpaired) electrons. The third-order valence-electron chi connectivity index (χ3n) is 5.64. The maximum atomic E-state index is 13.8. The van der Waals surface area contributed by atoms with Crippen molar-refractivity contribution in [1.29, 1.82) is 0 Å². The molecule has 0 aliphatic carbocycles. The molecule has 158 valence electrons. The molecule has 1 N–H and O–H groups in total. The van der Waals surface area contributed by atoms with Crippen LogP contribution in [0.3, 0.4) is 0 Å². The van der Waals surface area contributed by atoms with Crippen molar-refractivity contribution in [2.45, 2.75) is 13.8 Å². The summed E-state index contributed by atoms with van der Waals surface area (Å²) >= 11 is 0. The fourth-order valence-electron chi connectivity index (χ4n) is 4.25. The number of nitrogens with zero attached hydrogens (tertiary/aromatic N) is 4. The second-order valence-corrected chi connectivity index (χ2v) is 7.70. The number of aromatic nitrogens is 3. The molecule has 4 aromatic rings. The molecule has 2 aromatic carbocycles. The lowest BCUT2D eigenvalue weighted by Gasteiger charge is -2.29. The number of carboxylic acids is 1. The summed E-state index contributed by atoms with van der Waals surface area (Å²) in [7, 11) is 0. The van der Waals surface area contributed by atoms with Crippen molar-refractivity contribution in [3.63, 3.8) is 0 Å². The number of aromatic carboxylic acids is 1. The lowest BCUT2D eigenvalue weighted by atomic mass is 10.1. The van der Waals surface area contributed by atoms with E-state index in [1.165, 1.54) is 12.1 Å². The molecule has 0 amide bonds. The smallest absolute Gasteiger partial charge is 0.338 e. The highest BCUT2D eigenvalue weighted by Gasteiger charge is 2.22. The first-order valence-corrected chi connectivity index (χ1v) is 10.1. The van der Waals surface area contributed by atoms with Crippen LogP contribution in [-0.4, -0.2) is 51.9 Å². The summed E-state index contributed by atoms with van der Waals surface area (Å²) in [4.78, 5) is 23.2. The van der Waals surface area contributed by atoms with Crippen LogP contribution in [0.25, 0.3) is 27.6 Å². The van der Waals surface area contributed by atoms with E-state index < -0.39 is 5.97 Å². The van der Waals surface area contributed by atoms with Gasteiger partial charge in [0, 0.05) is 35.9 Å². The number of hydrogen-bond donors (Lipinski definition) is 1. The van der Waals surface area contributed by atoms with Crippen LogP contribution in [0.2, 0.25) is 0 Å². The quantitative estimate of drug-likeness (QED) is 0.542. The summed E-state index contributed by atoms with van der Waals surface area (Å²) in [5.41, 5.74) is 4.15. The maximum absolute atomic E-state index is 13.8. The van der Waals surface area contributed by atoms with Gasteiger partial charge >= 0.3 is 5.97 Å². The summed E-state index contributed by atoms with van der Waals surface area (Å²) < 4.78 is 21.2. The fourth-order valence-corrected chi connectivity index (χ4v) is 4.25. The highest BCUT2D eigenvalue weighted by molar-refractivity contribution is 6.04. The molecular weight excluding hydrogens is 399 g/mol. The van der Waals surface area contributed by atoms with E-state index >= 15 is 0 Å². The summed E-state index contributed by atoms with van der Waals surface area (Å²) in [6.07, 6.45) is 0. The number of carboxylic acid groups (broad SMARTS) is 1. The molecule has 3 heterocycles. The number of benzene rings is 2. The van der Waals surface area contributed by atoms with Gasteiger partial charge in [-0.15, -0.1) is 0 Å². The Morgan fingerprint density at radius 2 is 1.87 bits per heavy atom. The van der Waals surface area contributed by atoms with E-state index in [2.05, 4.69) is 14.9 Å². The SMILES string of the molecule is Cc1cc(-n2c(C)nc3c(C(=O)O)cc(N4CCOCC4)cc32)c2ccc(F)cc2n1. The molecule has 0 bridgehead atoms. The summed E-state index contributed by atoms with van der Waals surface area (Å²) in [5, 5.41) is 10.6. The van der Waals surface area contributed by atoms with E-state index in [0.29, 0.717) is 48.7 Å². The van der Waals surface area contributed by atoms with Crippen molar-refractivity contribution >= 4 is 33.6 Å². The number of morpholine rings is 1. The average Bonchev–Trinajstić information content (AvgIpc) is 3.08. The minimum absolute atomic E-state index is 0.155. The van der Waals surface area contributed by atoms with E-state index in [1.807, 2.05) is 30.5 Å². The van der Waals surface area contributed by atoms with Gasteiger partial charge in [-0.2, -0.15) is 0 Å². The first kappa shape index (κ1) is 19.4. The number of ether oxygens (including phenoxy) is 1. The minimum atomic E-state index is -1.03. The van der Waals surface area contributed by atoms with Gasteiger partial charge < -0.3 is 14.7 Å². The Hall–Kier alpha value is -3.52. The molecule has 8 heteroatoms. The topological polar surface area (TPSA) is 80.5 Å². The number of halogens is 1. The van der Waals surface area contributed by atoms with Crippen LogP contribution >= 0.6 is 0 Å². The predicted molar refractivity (Wildman–Crippen MR) is 116 cm³/mol. The number of aryl methyl sites for hydroxylation is 2. The van der Waals surface area contributed by atoms with Crippen molar-refractivity contribution in [3.8, 4) is 5.69 Å². The third kappa shape index (κ3) is 3.29. The maximum Gasteiger partial charge on any atom is 0.338 e. The van der Waals surface area contributed by atoms with Gasteiger partial charge in [-0.05, 0) is 44.2 Å². The van der Waals surface area contributed by atoms with E-state index in [4.69, 9.17) is 4.74 Å². The van der Waals surface area contributed by atoms with Crippen LogP contribution < -0.4 is 4.90 Å². The summed E-state index contributed by atoms with van der Waals surface area (Å²) in [6, 6.07) is 10.1. The van der Waals surface area contributed by atoms with Gasteiger partial charge in [0.05, 0.1) is 35.5 Å². The second kappa shape index (κ2) is 7.31. The largest absolute Gasteiger partial charge is 0.478 e. The number of rotatable bonds is 3. The van der Waals surface area contributed by atoms with Crippen molar-refractivity contribution in [1.82, 2.24) is 14.5 Å². The Morgan fingerprint density at radius 1 is 1.10 bits per heavy atom. The van der Waals surface area contributed by atoms with Crippen molar-refractivity contribution in [2.24, 2.45) is 0 Å². The van der Waals surface area contributed by atoms with Gasteiger partial charge in [0.15, 0.2) is 0 Å². The molecular formula is C23H21FN4O3. The van der Waals surface area contributed by atoms with Crippen molar-refractivity contribution in [2.75, 3.05) is 31.2 Å². The highest BCUT2D eigenvalue weighted by Crippen LogP contribution is 2.32. The molecule has 1 fully saturated rings. The molecule has 31 heavy (non-hydrogen) atoms. The van der Waals surface area contributed by atoms with Crippen LogP contribution in [0.15, 0.2) is 36.4 Å². The highest BCUT2D eigenvalue weighted by atomic mass is 19.1. The van der Waals surface area contributed by atoms with Gasteiger partial charge in [-0.25, -0.2) is 14.2 Å². The molecule has 0 saturated carbocycles.